The average molecular weight is 646 g/mol. The third-order valence-corrected chi connectivity index (χ3v) is 7.90. The standard InChI is InChI=1S/C34H39N5O8/c1-34(2,3)47-33(45)35-15-17-46-16-14-20-6-4-8-23-22(20)7-5-9-26(23)37-32(44)36-18-21-10-11-24-25(29(21)41)19-39(31(24)43)27-12-13-28(40)38-30(27)42/h4-11,27,41H,12-19H2,1-3H3,(H,35,45)(H2,36,37,44)(H,38,40,42). The first kappa shape index (κ1) is 33.2. The highest BCUT2D eigenvalue weighted by Gasteiger charge is 2.40. The second-order valence-corrected chi connectivity index (χ2v) is 12.4. The maximum Gasteiger partial charge on any atom is 0.407 e. The van der Waals surface area contributed by atoms with Gasteiger partial charge < -0.3 is 35.4 Å². The lowest BCUT2D eigenvalue weighted by Gasteiger charge is -2.29. The number of alkyl carbamates (subject to hydrolysis) is 1. The molecule has 1 fully saturated rings. The SMILES string of the molecule is CC(C)(C)OC(=O)NCCOCCc1cccc2c(NC(=O)NCc3ccc4c(c3O)CN(C3CCC(=O)NC3=O)C4=O)cccc12. The highest BCUT2D eigenvalue weighted by atomic mass is 16.6. The van der Waals surface area contributed by atoms with Crippen LogP contribution >= 0.6 is 0 Å². The Morgan fingerprint density at radius 2 is 1.74 bits per heavy atom. The van der Waals surface area contributed by atoms with E-state index in [-0.39, 0.29) is 49.1 Å². The highest BCUT2D eigenvalue weighted by Crippen LogP contribution is 2.35. The fourth-order valence-electron chi connectivity index (χ4n) is 5.68. The molecule has 1 unspecified atom stereocenters. The molecule has 1 atom stereocenters. The Kier molecular flexibility index (Phi) is 9.95. The van der Waals surface area contributed by atoms with Gasteiger partial charge in [-0.15, -0.1) is 0 Å². The smallest absolute Gasteiger partial charge is 0.407 e. The van der Waals surface area contributed by atoms with E-state index < -0.39 is 29.7 Å². The Labute approximate surface area is 272 Å². The van der Waals surface area contributed by atoms with Crippen LogP contribution in [-0.2, 0) is 38.6 Å². The molecule has 5 N–H and O–H groups in total. The summed E-state index contributed by atoms with van der Waals surface area (Å²) in [5.74, 6) is -1.41. The molecular weight excluding hydrogens is 606 g/mol. The van der Waals surface area contributed by atoms with E-state index in [0.29, 0.717) is 43.0 Å². The summed E-state index contributed by atoms with van der Waals surface area (Å²) < 4.78 is 10.9. The van der Waals surface area contributed by atoms with Crippen molar-refractivity contribution in [1.82, 2.24) is 20.9 Å². The normalized spacial score (nSPS) is 16.1. The van der Waals surface area contributed by atoms with Crippen LogP contribution in [0.25, 0.3) is 10.8 Å². The number of rotatable bonds is 10. The summed E-state index contributed by atoms with van der Waals surface area (Å²) >= 11 is 0. The van der Waals surface area contributed by atoms with Crippen LogP contribution in [0.5, 0.6) is 5.75 Å². The fourth-order valence-corrected chi connectivity index (χ4v) is 5.68. The Balaban J connectivity index is 1.15. The number of benzene rings is 3. The van der Waals surface area contributed by atoms with Crippen LogP contribution in [0, 0.1) is 0 Å². The van der Waals surface area contributed by atoms with Gasteiger partial charge in [0.15, 0.2) is 0 Å². The van der Waals surface area contributed by atoms with E-state index in [1.54, 1.807) is 39.0 Å². The number of piperidine rings is 1. The molecule has 6 amide bonds. The van der Waals surface area contributed by atoms with Crippen molar-refractivity contribution in [3.63, 3.8) is 0 Å². The average Bonchev–Trinajstić information content (AvgIpc) is 3.34. The molecule has 2 heterocycles. The van der Waals surface area contributed by atoms with Gasteiger partial charge in [-0.05, 0) is 56.7 Å². The summed E-state index contributed by atoms with van der Waals surface area (Å²) in [6, 6.07) is 13.3. The number of nitrogens with zero attached hydrogens (tertiary/aromatic N) is 1. The molecule has 0 aliphatic carbocycles. The molecule has 248 valence electrons. The van der Waals surface area contributed by atoms with Crippen molar-refractivity contribution in [3.05, 3.63) is 70.8 Å². The molecule has 1 saturated heterocycles. The highest BCUT2D eigenvalue weighted by molar-refractivity contribution is 6.06. The van der Waals surface area contributed by atoms with Gasteiger partial charge in [0.2, 0.25) is 11.8 Å². The number of imide groups is 1. The van der Waals surface area contributed by atoms with Crippen LogP contribution in [0.1, 0.15) is 60.7 Å². The number of fused-ring (bicyclic) bond motifs is 2. The van der Waals surface area contributed by atoms with E-state index in [4.69, 9.17) is 9.47 Å². The lowest BCUT2D eigenvalue weighted by molar-refractivity contribution is -0.136. The minimum atomic E-state index is -0.791. The summed E-state index contributed by atoms with van der Waals surface area (Å²) in [7, 11) is 0. The lowest BCUT2D eigenvalue weighted by atomic mass is 10.0. The number of amides is 6. The molecule has 0 bridgehead atoms. The van der Waals surface area contributed by atoms with Crippen molar-refractivity contribution >= 4 is 46.3 Å². The van der Waals surface area contributed by atoms with Crippen molar-refractivity contribution in [2.45, 2.75) is 64.8 Å². The molecule has 13 heteroatoms. The summed E-state index contributed by atoms with van der Waals surface area (Å²) in [6.45, 7) is 6.53. The zero-order chi connectivity index (χ0) is 33.7. The zero-order valence-electron chi connectivity index (χ0n) is 26.6. The second kappa shape index (κ2) is 14.1. The van der Waals surface area contributed by atoms with Crippen LogP contribution < -0.4 is 21.3 Å². The van der Waals surface area contributed by atoms with Crippen LogP contribution in [-0.4, -0.2) is 71.3 Å². The first-order chi connectivity index (χ1) is 22.4. The van der Waals surface area contributed by atoms with E-state index >= 15 is 0 Å². The topological polar surface area (TPSA) is 175 Å². The molecule has 3 aromatic carbocycles. The quantitative estimate of drug-likeness (QED) is 0.164. The number of ether oxygens (including phenoxy) is 2. The number of carbonyl (C=O) groups is 5. The Morgan fingerprint density at radius 1 is 0.979 bits per heavy atom. The van der Waals surface area contributed by atoms with Crippen LogP contribution in [0.15, 0.2) is 48.5 Å². The van der Waals surface area contributed by atoms with E-state index in [2.05, 4.69) is 21.3 Å². The summed E-state index contributed by atoms with van der Waals surface area (Å²) in [4.78, 5) is 62.9. The first-order valence-electron chi connectivity index (χ1n) is 15.5. The second-order valence-electron chi connectivity index (χ2n) is 12.4. The van der Waals surface area contributed by atoms with Gasteiger partial charge in [0.25, 0.3) is 5.91 Å². The molecule has 0 radical (unpaired) electrons. The summed E-state index contributed by atoms with van der Waals surface area (Å²) in [5, 5.41) is 23.3. The molecule has 0 saturated carbocycles. The van der Waals surface area contributed by atoms with E-state index in [0.717, 1.165) is 16.3 Å². The molecule has 5 rings (SSSR count). The number of hydrogen-bond donors (Lipinski definition) is 5. The van der Waals surface area contributed by atoms with Gasteiger partial charge in [-0.2, -0.15) is 0 Å². The van der Waals surface area contributed by atoms with Gasteiger partial charge >= 0.3 is 12.1 Å². The third-order valence-electron chi connectivity index (χ3n) is 7.90. The van der Waals surface area contributed by atoms with Crippen LogP contribution in [0.2, 0.25) is 0 Å². The fraction of sp³-hybridized carbons (Fsp3) is 0.382. The molecule has 0 aromatic heterocycles. The number of nitrogens with one attached hydrogen (secondary N) is 4. The Morgan fingerprint density at radius 3 is 2.51 bits per heavy atom. The number of hydrogen-bond acceptors (Lipinski definition) is 8. The van der Waals surface area contributed by atoms with Crippen molar-refractivity contribution in [2.75, 3.05) is 25.1 Å². The monoisotopic (exact) mass is 645 g/mol. The van der Waals surface area contributed by atoms with Crippen molar-refractivity contribution in [1.29, 1.82) is 0 Å². The molecule has 2 aliphatic heterocycles. The number of anilines is 1. The molecule has 0 spiro atoms. The number of phenolic OH excluding ortho intramolecular Hbond substituents is 1. The third kappa shape index (κ3) is 7.98. The van der Waals surface area contributed by atoms with Gasteiger partial charge in [-0.25, -0.2) is 9.59 Å². The van der Waals surface area contributed by atoms with Crippen molar-refractivity contribution in [2.24, 2.45) is 0 Å². The van der Waals surface area contributed by atoms with Gasteiger partial charge in [-0.1, -0.05) is 36.4 Å². The first-order valence-corrected chi connectivity index (χ1v) is 15.5. The molecule has 2 aliphatic rings. The van der Waals surface area contributed by atoms with E-state index in [9.17, 15) is 29.1 Å². The minimum Gasteiger partial charge on any atom is -0.507 e. The van der Waals surface area contributed by atoms with Crippen LogP contribution in [0.4, 0.5) is 15.3 Å². The Hall–Kier alpha value is -5.17. The van der Waals surface area contributed by atoms with Gasteiger partial charge in [-0.3, -0.25) is 19.7 Å². The van der Waals surface area contributed by atoms with Crippen LogP contribution in [0.3, 0.4) is 0 Å². The van der Waals surface area contributed by atoms with Crippen molar-refractivity contribution < 1.29 is 38.6 Å². The van der Waals surface area contributed by atoms with E-state index in [1.807, 2.05) is 30.3 Å². The molecule has 13 nitrogen and oxygen atoms in total. The summed E-state index contributed by atoms with van der Waals surface area (Å²) in [5.41, 5.74) is 2.16. The number of urea groups is 1. The maximum atomic E-state index is 13.0. The molecule has 47 heavy (non-hydrogen) atoms. The zero-order valence-corrected chi connectivity index (χ0v) is 26.6. The minimum absolute atomic E-state index is 0.00626. The van der Waals surface area contributed by atoms with Gasteiger partial charge in [0.1, 0.15) is 17.4 Å². The summed E-state index contributed by atoms with van der Waals surface area (Å²) in [6.07, 6.45) is 0.493. The molecular formula is C34H39N5O8. The number of carbonyl (C=O) groups excluding carboxylic acids is 5. The predicted octanol–water partition coefficient (Wildman–Crippen LogP) is 3.71. The number of aromatic hydroxyl groups is 1. The van der Waals surface area contributed by atoms with E-state index in [1.165, 1.54) is 4.90 Å². The maximum absolute atomic E-state index is 13.0. The lowest BCUT2D eigenvalue weighted by Crippen LogP contribution is -2.52. The van der Waals surface area contributed by atoms with Gasteiger partial charge in [0, 0.05) is 41.6 Å². The van der Waals surface area contributed by atoms with Gasteiger partial charge in [0.05, 0.1) is 25.4 Å². The van der Waals surface area contributed by atoms with Crippen molar-refractivity contribution in [3.8, 4) is 5.75 Å². The predicted molar refractivity (Wildman–Crippen MR) is 173 cm³/mol. The number of phenols is 1. The Bertz CT molecular complexity index is 1720. The largest absolute Gasteiger partial charge is 0.507 e. The molecule has 3 aromatic rings.